The first-order valence-electron chi connectivity index (χ1n) is 12.3. The Morgan fingerprint density at radius 3 is 2.74 bits per heavy atom. The summed E-state index contributed by atoms with van der Waals surface area (Å²) in [5.41, 5.74) is 2.49. The zero-order chi connectivity index (χ0) is 26.6. The second kappa shape index (κ2) is 11.3. The number of hydrogen-bond donors (Lipinski definition) is 1. The SMILES string of the molecule is COc1ccc(C(=O)N=Nc2c(O)n(CN3CCCC[C@@H]3c3cccnc3)c3ccc(Br)cc23)cc1OC. The van der Waals surface area contributed by atoms with Crippen LogP contribution in [0.3, 0.4) is 0 Å². The second-order valence-corrected chi connectivity index (χ2v) is 10.0. The van der Waals surface area contributed by atoms with E-state index in [2.05, 4.69) is 42.1 Å². The van der Waals surface area contributed by atoms with Crippen LogP contribution in [-0.4, -0.2) is 46.2 Å². The van der Waals surface area contributed by atoms with E-state index in [1.165, 1.54) is 14.2 Å². The molecule has 2 aromatic carbocycles. The van der Waals surface area contributed by atoms with E-state index in [-0.39, 0.29) is 17.6 Å². The highest BCUT2D eigenvalue weighted by atomic mass is 79.9. The van der Waals surface area contributed by atoms with Gasteiger partial charge in [0.1, 0.15) is 0 Å². The van der Waals surface area contributed by atoms with Crippen LogP contribution in [0.25, 0.3) is 10.9 Å². The van der Waals surface area contributed by atoms with Gasteiger partial charge in [-0.1, -0.05) is 28.4 Å². The molecule has 9 nitrogen and oxygen atoms in total. The van der Waals surface area contributed by atoms with Crippen LogP contribution in [0.5, 0.6) is 17.4 Å². The fourth-order valence-corrected chi connectivity index (χ4v) is 5.31. The average Bonchev–Trinajstić information content (AvgIpc) is 3.21. The van der Waals surface area contributed by atoms with Crippen LogP contribution in [0.1, 0.15) is 41.2 Å². The number of methoxy groups -OCH3 is 2. The standard InChI is InChI=1S/C28H28BrN5O4/c1-37-24-11-8-18(14-25(24)38-2)27(35)32-31-26-21-15-20(29)9-10-23(21)34(28(26)36)17-33-13-4-3-7-22(33)19-6-5-12-30-16-19/h5-6,8-12,14-16,22,36H,3-4,7,13,17H2,1-2H3/t22-/m1/s1. The maximum absolute atomic E-state index is 12.9. The Hall–Kier alpha value is -3.76. The number of benzene rings is 2. The lowest BCUT2D eigenvalue weighted by molar-refractivity contribution is 0.0994. The summed E-state index contributed by atoms with van der Waals surface area (Å²) in [6.45, 7) is 1.35. The molecule has 10 heteroatoms. The molecule has 3 heterocycles. The molecule has 0 radical (unpaired) electrons. The number of aromatic nitrogens is 2. The summed E-state index contributed by atoms with van der Waals surface area (Å²) in [7, 11) is 3.03. The van der Waals surface area contributed by atoms with Gasteiger partial charge in [-0.2, -0.15) is 0 Å². The first-order valence-corrected chi connectivity index (χ1v) is 13.1. The number of azo groups is 1. The molecule has 1 aliphatic heterocycles. The van der Waals surface area contributed by atoms with E-state index in [4.69, 9.17) is 9.47 Å². The number of carbonyl (C=O) groups is 1. The number of nitrogens with zero attached hydrogens (tertiary/aromatic N) is 5. The van der Waals surface area contributed by atoms with Crippen molar-refractivity contribution in [1.29, 1.82) is 0 Å². The number of hydrogen-bond acceptors (Lipinski definition) is 7. The molecule has 1 N–H and O–H groups in total. The normalized spacial score (nSPS) is 16.2. The minimum absolute atomic E-state index is 0.0440. The van der Waals surface area contributed by atoms with E-state index in [0.717, 1.165) is 41.4 Å². The molecule has 0 unspecified atom stereocenters. The van der Waals surface area contributed by atoms with E-state index in [1.54, 1.807) is 24.4 Å². The Labute approximate surface area is 228 Å². The summed E-state index contributed by atoms with van der Waals surface area (Å²) in [6, 6.07) is 14.7. The van der Waals surface area contributed by atoms with Gasteiger partial charge in [0.2, 0.25) is 5.88 Å². The maximum Gasteiger partial charge on any atom is 0.295 e. The lowest BCUT2D eigenvalue weighted by atomic mass is 9.97. The number of aromatic hydroxyl groups is 1. The number of amides is 1. The van der Waals surface area contributed by atoms with Gasteiger partial charge in [0.05, 0.1) is 26.4 Å². The van der Waals surface area contributed by atoms with Gasteiger partial charge in [0.15, 0.2) is 17.2 Å². The molecule has 4 aromatic rings. The Morgan fingerprint density at radius 2 is 1.97 bits per heavy atom. The summed E-state index contributed by atoms with van der Waals surface area (Å²) in [6.07, 6.45) is 6.92. The van der Waals surface area contributed by atoms with Crippen molar-refractivity contribution < 1.29 is 19.4 Å². The summed E-state index contributed by atoms with van der Waals surface area (Å²) in [4.78, 5) is 19.5. The van der Waals surface area contributed by atoms with Gasteiger partial charge in [-0.05, 0) is 60.9 Å². The molecule has 1 aliphatic rings. The van der Waals surface area contributed by atoms with Crippen LogP contribution in [0.15, 0.2) is 75.6 Å². The van der Waals surface area contributed by atoms with Gasteiger partial charge in [-0.3, -0.25) is 19.2 Å². The molecule has 1 atom stereocenters. The van der Waals surface area contributed by atoms with Crippen molar-refractivity contribution in [3.8, 4) is 17.4 Å². The average molecular weight is 578 g/mol. The Kier molecular flexibility index (Phi) is 7.71. The van der Waals surface area contributed by atoms with Crippen molar-refractivity contribution in [2.75, 3.05) is 20.8 Å². The number of fused-ring (bicyclic) bond motifs is 1. The molecule has 38 heavy (non-hydrogen) atoms. The van der Waals surface area contributed by atoms with E-state index in [1.807, 2.05) is 35.0 Å². The summed E-state index contributed by atoms with van der Waals surface area (Å²) in [5.74, 6) is 0.321. The monoisotopic (exact) mass is 577 g/mol. The number of halogens is 1. The fraction of sp³-hybridized carbons (Fsp3) is 0.286. The van der Waals surface area contributed by atoms with Crippen molar-refractivity contribution in [1.82, 2.24) is 14.5 Å². The van der Waals surface area contributed by atoms with Crippen molar-refractivity contribution in [2.45, 2.75) is 32.0 Å². The minimum atomic E-state index is -0.561. The molecule has 0 spiro atoms. The van der Waals surface area contributed by atoms with Gasteiger partial charge in [0.25, 0.3) is 5.91 Å². The topological polar surface area (TPSA) is 102 Å². The van der Waals surface area contributed by atoms with E-state index >= 15 is 0 Å². The molecule has 0 saturated carbocycles. The number of pyridine rings is 1. The maximum atomic E-state index is 12.9. The van der Waals surface area contributed by atoms with Gasteiger partial charge in [0, 0.05) is 40.4 Å². The highest BCUT2D eigenvalue weighted by Gasteiger charge is 2.27. The van der Waals surface area contributed by atoms with Gasteiger partial charge >= 0.3 is 0 Å². The number of piperidine rings is 1. The van der Waals surface area contributed by atoms with Crippen LogP contribution in [-0.2, 0) is 6.67 Å². The second-order valence-electron chi connectivity index (χ2n) is 9.09. The van der Waals surface area contributed by atoms with Crippen molar-refractivity contribution in [3.63, 3.8) is 0 Å². The molecule has 1 saturated heterocycles. The summed E-state index contributed by atoms with van der Waals surface area (Å²) >= 11 is 3.51. The Balaban J connectivity index is 1.49. The first kappa shape index (κ1) is 25.9. The lowest BCUT2D eigenvalue weighted by Crippen LogP contribution is -2.34. The molecular formula is C28H28BrN5O4. The van der Waals surface area contributed by atoms with Crippen LogP contribution < -0.4 is 9.47 Å². The van der Waals surface area contributed by atoms with Crippen LogP contribution in [0.4, 0.5) is 5.69 Å². The van der Waals surface area contributed by atoms with Gasteiger partial charge in [-0.25, -0.2) is 0 Å². The molecule has 196 valence electrons. The number of ether oxygens (including phenoxy) is 2. The summed E-state index contributed by atoms with van der Waals surface area (Å²) in [5, 5.41) is 20.2. The van der Waals surface area contributed by atoms with Crippen molar-refractivity contribution >= 4 is 38.4 Å². The third-order valence-electron chi connectivity index (χ3n) is 6.85. The minimum Gasteiger partial charge on any atom is -0.493 e. The lowest BCUT2D eigenvalue weighted by Gasteiger charge is -2.36. The van der Waals surface area contributed by atoms with Gasteiger partial charge in [-0.15, -0.1) is 10.2 Å². The third kappa shape index (κ3) is 5.14. The predicted octanol–water partition coefficient (Wildman–Crippen LogP) is 6.63. The Bertz CT molecular complexity index is 1490. The van der Waals surface area contributed by atoms with E-state index < -0.39 is 5.91 Å². The third-order valence-corrected chi connectivity index (χ3v) is 7.34. The molecule has 5 rings (SSSR count). The number of rotatable bonds is 7. The van der Waals surface area contributed by atoms with E-state index in [9.17, 15) is 9.90 Å². The Morgan fingerprint density at radius 1 is 1.13 bits per heavy atom. The molecule has 0 bridgehead atoms. The fourth-order valence-electron chi connectivity index (χ4n) is 4.95. The van der Waals surface area contributed by atoms with Crippen molar-refractivity contribution in [3.05, 3.63) is 76.5 Å². The number of likely N-dealkylation sites (tertiary alicyclic amines) is 1. The van der Waals surface area contributed by atoms with Crippen LogP contribution in [0.2, 0.25) is 0 Å². The quantitative estimate of drug-likeness (QED) is 0.247. The van der Waals surface area contributed by atoms with Gasteiger partial charge < -0.3 is 14.6 Å². The molecule has 1 fully saturated rings. The number of carbonyl (C=O) groups excluding carboxylic acids is 1. The van der Waals surface area contributed by atoms with Crippen LogP contribution in [0, 0.1) is 0 Å². The van der Waals surface area contributed by atoms with E-state index in [0.29, 0.717) is 29.1 Å². The zero-order valence-corrected chi connectivity index (χ0v) is 22.8. The predicted molar refractivity (Wildman–Crippen MR) is 147 cm³/mol. The molecule has 2 aromatic heterocycles. The highest BCUT2D eigenvalue weighted by Crippen LogP contribution is 2.42. The largest absolute Gasteiger partial charge is 0.493 e. The van der Waals surface area contributed by atoms with Crippen molar-refractivity contribution in [2.24, 2.45) is 10.2 Å². The smallest absolute Gasteiger partial charge is 0.295 e. The van der Waals surface area contributed by atoms with Crippen LogP contribution >= 0.6 is 15.9 Å². The molecule has 1 amide bonds. The molecule has 0 aliphatic carbocycles. The summed E-state index contributed by atoms with van der Waals surface area (Å²) < 4.78 is 13.2. The highest BCUT2D eigenvalue weighted by molar-refractivity contribution is 9.10. The molecular weight excluding hydrogens is 550 g/mol. The zero-order valence-electron chi connectivity index (χ0n) is 21.2. The first-order chi connectivity index (χ1) is 18.5.